The lowest BCUT2D eigenvalue weighted by Crippen LogP contribution is -2.32. The summed E-state index contributed by atoms with van der Waals surface area (Å²) in [6.45, 7) is 3.01. The van der Waals surface area contributed by atoms with Gasteiger partial charge < -0.3 is 15.5 Å². The van der Waals surface area contributed by atoms with Crippen molar-refractivity contribution in [3.63, 3.8) is 0 Å². The molecule has 0 amide bonds. The van der Waals surface area contributed by atoms with Crippen molar-refractivity contribution in [3.05, 3.63) is 66.7 Å². The summed E-state index contributed by atoms with van der Waals surface area (Å²) in [5.74, 6) is 2.36. The summed E-state index contributed by atoms with van der Waals surface area (Å²) in [5, 5.41) is 9.92. The number of likely N-dealkylation sites (N-methyl/N-ethyl adjacent to an activating group) is 1. The molecule has 4 aromatic rings. The topological polar surface area (TPSA) is 99.2 Å². The molecule has 3 N–H and O–H groups in total. The van der Waals surface area contributed by atoms with Crippen molar-refractivity contribution < 1.29 is 8.42 Å². The Bertz CT molecular complexity index is 1520. The van der Waals surface area contributed by atoms with Crippen LogP contribution in [0.25, 0.3) is 21.7 Å². The molecule has 39 heavy (non-hydrogen) atoms. The van der Waals surface area contributed by atoms with E-state index in [0.29, 0.717) is 29.2 Å². The first-order valence-electron chi connectivity index (χ1n) is 13.7. The number of anilines is 2. The van der Waals surface area contributed by atoms with Gasteiger partial charge in [0.05, 0.1) is 10.4 Å². The highest BCUT2D eigenvalue weighted by atomic mass is 32.2. The molecule has 1 fully saturated rings. The number of sulfonamides is 1. The zero-order chi connectivity index (χ0) is 27.2. The summed E-state index contributed by atoms with van der Waals surface area (Å²) in [6, 6.07) is 21.2. The van der Waals surface area contributed by atoms with Crippen LogP contribution in [0.4, 0.5) is 11.8 Å². The van der Waals surface area contributed by atoms with E-state index < -0.39 is 10.0 Å². The molecule has 0 aliphatic heterocycles. The molecule has 8 nitrogen and oxygen atoms in total. The van der Waals surface area contributed by atoms with Crippen LogP contribution in [0.1, 0.15) is 25.7 Å². The molecular formula is C30H38N6O2S. The van der Waals surface area contributed by atoms with Crippen molar-refractivity contribution in [2.24, 2.45) is 11.8 Å². The number of para-hydroxylation sites is 1. The van der Waals surface area contributed by atoms with Gasteiger partial charge in [-0.3, -0.25) is 0 Å². The second kappa shape index (κ2) is 12.3. The lowest BCUT2D eigenvalue weighted by atomic mass is 9.82. The van der Waals surface area contributed by atoms with E-state index in [4.69, 9.17) is 9.97 Å². The van der Waals surface area contributed by atoms with E-state index in [2.05, 4.69) is 34.4 Å². The van der Waals surface area contributed by atoms with Gasteiger partial charge in [0.1, 0.15) is 5.82 Å². The van der Waals surface area contributed by atoms with Crippen LogP contribution >= 0.6 is 0 Å². The maximum Gasteiger partial charge on any atom is 0.240 e. The first kappa shape index (κ1) is 27.3. The van der Waals surface area contributed by atoms with Gasteiger partial charge in [0, 0.05) is 31.6 Å². The Morgan fingerprint density at radius 3 is 2.28 bits per heavy atom. The third-order valence-corrected chi connectivity index (χ3v) is 8.98. The molecule has 206 valence electrons. The normalized spacial score (nSPS) is 18.0. The zero-order valence-electron chi connectivity index (χ0n) is 22.7. The molecule has 0 radical (unpaired) electrons. The van der Waals surface area contributed by atoms with E-state index in [0.717, 1.165) is 72.8 Å². The number of benzene rings is 3. The van der Waals surface area contributed by atoms with Crippen LogP contribution in [0.3, 0.4) is 0 Å². The predicted octanol–water partition coefficient (Wildman–Crippen LogP) is 4.95. The van der Waals surface area contributed by atoms with E-state index in [1.165, 1.54) is 0 Å². The van der Waals surface area contributed by atoms with Crippen molar-refractivity contribution in [2.75, 3.05) is 50.9 Å². The third-order valence-electron chi connectivity index (χ3n) is 7.56. The minimum Gasteiger partial charge on any atom is -0.368 e. The Kier molecular flexibility index (Phi) is 8.60. The maximum atomic E-state index is 12.9. The lowest BCUT2D eigenvalue weighted by Gasteiger charge is -2.28. The van der Waals surface area contributed by atoms with Crippen LogP contribution in [0.15, 0.2) is 71.6 Å². The van der Waals surface area contributed by atoms with Crippen molar-refractivity contribution in [1.29, 1.82) is 0 Å². The zero-order valence-corrected chi connectivity index (χ0v) is 23.5. The predicted molar refractivity (Wildman–Crippen MR) is 160 cm³/mol. The maximum absolute atomic E-state index is 12.9. The van der Waals surface area contributed by atoms with E-state index in [9.17, 15) is 8.42 Å². The van der Waals surface area contributed by atoms with Crippen LogP contribution in [0, 0.1) is 11.8 Å². The molecule has 0 unspecified atom stereocenters. The Morgan fingerprint density at radius 1 is 0.821 bits per heavy atom. The van der Waals surface area contributed by atoms with Crippen LogP contribution in [-0.4, -0.2) is 63.6 Å². The van der Waals surface area contributed by atoms with Gasteiger partial charge in [0.2, 0.25) is 16.0 Å². The summed E-state index contributed by atoms with van der Waals surface area (Å²) in [7, 11) is 0.582. The highest BCUT2D eigenvalue weighted by Gasteiger charge is 2.24. The molecule has 1 heterocycles. The average Bonchev–Trinajstić information content (AvgIpc) is 2.95. The number of rotatable bonds is 11. The SMILES string of the molecule is CN(C)CCNc1nc(NCC2CCC(CNS(=O)(=O)c3ccc4ccccc4c3)CC2)nc2ccccc12. The molecule has 1 aromatic heterocycles. The van der Waals surface area contributed by atoms with Crippen molar-refractivity contribution in [2.45, 2.75) is 30.6 Å². The number of aromatic nitrogens is 2. The number of nitrogens with zero attached hydrogens (tertiary/aromatic N) is 3. The molecular weight excluding hydrogens is 508 g/mol. The van der Waals surface area contributed by atoms with Crippen molar-refractivity contribution in [3.8, 4) is 0 Å². The van der Waals surface area contributed by atoms with Gasteiger partial charge in [-0.05, 0) is 86.7 Å². The van der Waals surface area contributed by atoms with Crippen LogP contribution < -0.4 is 15.4 Å². The van der Waals surface area contributed by atoms with E-state index in [1.54, 1.807) is 12.1 Å². The van der Waals surface area contributed by atoms with Gasteiger partial charge >= 0.3 is 0 Å². The Morgan fingerprint density at radius 2 is 1.51 bits per heavy atom. The van der Waals surface area contributed by atoms with E-state index in [1.807, 2.05) is 54.6 Å². The Hall–Kier alpha value is -3.27. The standard InChI is InChI=1S/C30H38N6O2S/c1-36(2)18-17-31-29-27-9-5-6-10-28(27)34-30(35-29)32-20-22-11-13-23(14-12-22)21-33-39(37,38)26-16-15-24-7-3-4-8-25(24)19-26/h3-10,15-16,19,22-23,33H,11-14,17-18,20-21H2,1-2H3,(H2,31,32,34,35). The monoisotopic (exact) mass is 546 g/mol. The molecule has 1 aliphatic carbocycles. The molecule has 1 aliphatic rings. The number of hydrogen-bond acceptors (Lipinski definition) is 7. The van der Waals surface area contributed by atoms with Crippen LogP contribution in [0.2, 0.25) is 0 Å². The average molecular weight is 547 g/mol. The van der Waals surface area contributed by atoms with E-state index >= 15 is 0 Å². The molecule has 0 bridgehead atoms. The smallest absolute Gasteiger partial charge is 0.240 e. The van der Waals surface area contributed by atoms with Gasteiger partial charge in [-0.15, -0.1) is 0 Å². The van der Waals surface area contributed by atoms with Crippen LogP contribution in [0.5, 0.6) is 0 Å². The number of nitrogens with one attached hydrogen (secondary N) is 3. The molecule has 3 aromatic carbocycles. The highest BCUT2D eigenvalue weighted by Crippen LogP contribution is 2.29. The summed E-state index contributed by atoms with van der Waals surface area (Å²) < 4.78 is 28.7. The molecule has 5 rings (SSSR count). The molecule has 0 atom stereocenters. The fourth-order valence-electron chi connectivity index (χ4n) is 5.21. The van der Waals surface area contributed by atoms with Gasteiger partial charge in [-0.2, -0.15) is 4.98 Å². The number of fused-ring (bicyclic) bond motifs is 2. The second-order valence-electron chi connectivity index (χ2n) is 10.8. The van der Waals surface area contributed by atoms with Gasteiger partial charge in [-0.1, -0.05) is 42.5 Å². The fraction of sp³-hybridized carbons (Fsp3) is 0.400. The third kappa shape index (κ3) is 7.03. The quantitative estimate of drug-likeness (QED) is 0.245. The summed E-state index contributed by atoms with van der Waals surface area (Å²) in [4.78, 5) is 12.0. The summed E-state index contributed by atoms with van der Waals surface area (Å²) in [6.07, 6.45) is 4.11. The minimum atomic E-state index is -3.53. The van der Waals surface area contributed by atoms with Crippen molar-refractivity contribution in [1.82, 2.24) is 19.6 Å². The summed E-state index contributed by atoms with van der Waals surface area (Å²) in [5.41, 5.74) is 0.921. The minimum absolute atomic E-state index is 0.324. The number of hydrogen-bond donors (Lipinski definition) is 3. The first-order valence-corrected chi connectivity index (χ1v) is 15.2. The first-order chi connectivity index (χ1) is 18.9. The van der Waals surface area contributed by atoms with Gasteiger partial charge in [0.15, 0.2) is 0 Å². The molecule has 9 heteroatoms. The lowest BCUT2D eigenvalue weighted by molar-refractivity contribution is 0.284. The van der Waals surface area contributed by atoms with E-state index in [-0.39, 0.29) is 0 Å². The Balaban J connectivity index is 1.12. The summed E-state index contributed by atoms with van der Waals surface area (Å²) >= 11 is 0. The van der Waals surface area contributed by atoms with Crippen molar-refractivity contribution >= 4 is 43.5 Å². The Labute approximate surface area is 231 Å². The fourth-order valence-corrected chi connectivity index (χ4v) is 6.36. The highest BCUT2D eigenvalue weighted by molar-refractivity contribution is 7.89. The van der Waals surface area contributed by atoms with Gasteiger partial charge in [-0.25, -0.2) is 18.1 Å². The van der Waals surface area contributed by atoms with Crippen LogP contribution in [-0.2, 0) is 10.0 Å². The molecule has 0 spiro atoms. The molecule has 1 saturated carbocycles. The molecule has 0 saturated heterocycles. The largest absolute Gasteiger partial charge is 0.368 e. The van der Waals surface area contributed by atoms with Gasteiger partial charge in [0.25, 0.3) is 0 Å². The second-order valence-corrected chi connectivity index (χ2v) is 12.5.